The summed E-state index contributed by atoms with van der Waals surface area (Å²) in [6.45, 7) is 9.57. The first-order valence-electron chi connectivity index (χ1n) is 9.68. The average molecular weight is 344 g/mol. The van der Waals surface area contributed by atoms with Crippen LogP contribution in [0.3, 0.4) is 0 Å². The highest BCUT2D eigenvalue weighted by atomic mass is 16.1. The first-order valence-corrected chi connectivity index (χ1v) is 9.68. The third kappa shape index (κ3) is 6.39. The van der Waals surface area contributed by atoms with Gasteiger partial charge in [0.25, 0.3) is 0 Å². The van der Waals surface area contributed by atoms with Gasteiger partial charge in [0.15, 0.2) is 0 Å². The first kappa shape index (κ1) is 19.8. The van der Waals surface area contributed by atoms with Gasteiger partial charge in [0, 0.05) is 44.3 Å². The monoisotopic (exact) mass is 343 g/mol. The van der Waals surface area contributed by atoms with Crippen LogP contribution >= 0.6 is 0 Å². The van der Waals surface area contributed by atoms with E-state index in [1.54, 1.807) is 0 Å². The summed E-state index contributed by atoms with van der Waals surface area (Å²) in [7, 11) is 0. The van der Waals surface area contributed by atoms with Crippen molar-refractivity contribution in [3.63, 3.8) is 0 Å². The van der Waals surface area contributed by atoms with Crippen molar-refractivity contribution in [2.75, 3.05) is 0 Å². The maximum absolute atomic E-state index is 11.5. The van der Waals surface area contributed by atoms with Gasteiger partial charge in [-0.2, -0.15) is 0 Å². The normalized spacial score (nSPS) is 30.6. The van der Waals surface area contributed by atoms with Crippen molar-refractivity contribution in [2.45, 2.75) is 78.4 Å². The molecule has 0 bridgehead atoms. The lowest BCUT2D eigenvalue weighted by molar-refractivity contribution is -0.125. The van der Waals surface area contributed by atoms with Crippen molar-refractivity contribution in [3.8, 4) is 0 Å². The van der Waals surface area contributed by atoms with Gasteiger partial charge in [-0.05, 0) is 37.7 Å². The largest absolute Gasteiger partial charge is 0.300 e. The molecule has 138 valence electrons. The molecule has 1 aromatic carbocycles. The molecule has 3 nitrogen and oxygen atoms in total. The summed E-state index contributed by atoms with van der Waals surface area (Å²) < 4.78 is 0. The Labute approximate surface area is 152 Å². The Morgan fingerprint density at radius 1 is 0.800 bits per heavy atom. The highest BCUT2D eigenvalue weighted by Crippen LogP contribution is 2.25. The van der Waals surface area contributed by atoms with Crippen molar-refractivity contribution in [2.24, 2.45) is 11.8 Å². The molecule has 0 radical (unpaired) electrons. The second-order valence-corrected chi connectivity index (χ2v) is 8.20. The number of likely N-dealkylation sites (tertiary alicyclic amines) is 1. The topological polar surface area (TPSA) is 37.4 Å². The number of nitrogens with zero attached hydrogens (tertiary/aromatic N) is 1. The van der Waals surface area contributed by atoms with Crippen molar-refractivity contribution < 1.29 is 9.59 Å². The molecule has 2 aliphatic rings. The Kier molecular flexibility index (Phi) is 7.37. The predicted octanol–water partition coefficient (Wildman–Crippen LogP) is 4.64. The van der Waals surface area contributed by atoms with Gasteiger partial charge in [-0.15, -0.1) is 0 Å². The molecule has 25 heavy (non-hydrogen) atoms. The number of piperidine rings is 1. The Morgan fingerprint density at radius 3 is 1.76 bits per heavy atom. The van der Waals surface area contributed by atoms with E-state index in [1.165, 1.54) is 12.0 Å². The zero-order valence-corrected chi connectivity index (χ0v) is 16.2. The van der Waals surface area contributed by atoms with E-state index in [0.717, 1.165) is 19.4 Å². The molecule has 0 amide bonds. The molecule has 3 heteroatoms. The molecule has 0 aromatic heterocycles. The Morgan fingerprint density at radius 2 is 1.28 bits per heavy atom. The predicted molar refractivity (Wildman–Crippen MR) is 102 cm³/mol. The fourth-order valence-electron chi connectivity index (χ4n) is 4.23. The molecule has 1 heterocycles. The van der Waals surface area contributed by atoms with E-state index in [2.05, 4.69) is 56.9 Å². The summed E-state index contributed by atoms with van der Waals surface area (Å²) in [5.74, 6) is 2.15. The molecular weight excluding hydrogens is 310 g/mol. The van der Waals surface area contributed by atoms with Crippen molar-refractivity contribution >= 4 is 11.6 Å². The summed E-state index contributed by atoms with van der Waals surface area (Å²) in [5.41, 5.74) is 1.33. The molecule has 1 aliphatic carbocycles. The maximum Gasteiger partial charge on any atom is 0.136 e. The number of Topliss-reactive ketones (excluding diaryl/α,β-unsaturated/α-hetero) is 2. The van der Waals surface area contributed by atoms with Crippen LogP contribution in [-0.4, -0.2) is 28.6 Å². The van der Waals surface area contributed by atoms with Crippen LogP contribution in [0, 0.1) is 11.8 Å². The average Bonchev–Trinajstić information content (AvgIpc) is 2.51. The number of hydrogen-bond donors (Lipinski definition) is 0. The first-order chi connectivity index (χ1) is 11.8. The van der Waals surface area contributed by atoms with E-state index in [4.69, 9.17) is 0 Å². The number of carbonyl (C=O) groups is 2. The zero-order valence-electron chi connectivity index (χ0n) is 16.2. The van der Waals surface area contributed by atoms with Crippen LogP contribution in [0.2, 0.25) is 0 Å². The lowest BCUT2D eigenvalue weighted by atomic mass is 9.83. The molecule has 1 saturated heterocycles. The second-order valence-electron chi connectivity index (χ2n) is 8.20. The number of benzene rings is 1. The summed E-state index contributed by atoms with van der Waals surface area (Å²) in [6.07, 6.45) is 4.30. The molecule has 4 atom stereocenters. The minimum absolute atomic E-state index is 0.372. The lowest BCUT2D eigenvalue weighted by Crippen LogP contribution is -2.46. The van der Waals surface area contributed by atoms with E-state index in [-0.39, 0.29) is 0 Å². The maximum atomic E-state index is 11.5. The molecule has 2 fully saturated rings. The standard InChI is InChI=1S/C14H19NO.C8H14O/c1-11-8-14(16)9-12(2)15(11)10-13-6-4-3-5-7-13;1-6-3-7(2)5-8(9)4-6/h3-7,11-12H,8-10H2,1-2H3;6-7H,3-5H2,1-2H3/t11-,12-;6-,7-/m10/s1. The zero-order chi connectivity index (χ0) is 18.4. The molecular formula is C22H33NO2. The second kappa shape index (κ2) is 9.28. The van der Waals surface area contributed by atoms with Gasteiger partial charge in [0.05, 0.1) is 0 Å². The van der Waals surface area contributed by atoms with Crippen LogP contribution in [0.4, 0.5) is 0 Å². The number of hydrogen-bond acceptors (Lipinski definition) is 3. The molecule has 0 N–H and O–H groups in total. The summed E-state index contributed by atoms with van der Waals surface area (Å²) in [6, 6.07) is 11.2. The highest BCUT2D eigenvalue weighted by molar-refractivity contribution is 5.80. The quantitative estimate of drug-likeness (QED) is 0.785. The summed E-state index contributed by atoms with van der Waals surface area (Å²) >= 11 is 0. The molecule has 1 aliphatic heterocycles. The van der Waals surface area contributed by atoms with E-state index >= 15 is 0 Å². The van der Waals surface area contributed by atoms with Gasteiger partial charge in [0.2, 0.25) is 0 Å². The van der Waals surface area contributed by atoms with Crippen LogP contribution in [0.15, 0.2) is 30.3 Å². The Balaban J connectivity index is 0.000000212. The third-order valence-corrected chi connectivity index (χ3v) is 5.34. The van der Waals surface area contributed by atoms with E-state index in [0.29, 0.717) is 48.3 Å². The molecule has 1 saturated carbocycles. The molecule has 1 aromatic rings. The van der Waals surface area contributed by atoms with Gasteiger partial charge >= 0.3 is 0 Å². The fraction of sp³-hybridized carbons (Fsp3) is 0.636. The third-order valence-electron chi connectivity index (χ3n) is 5.34. The van der Waals surface area contributed by atoms with E-state index in [1.807, 2.05) is 6.07 Å². The van der Waals surface area contributed by atoms with Gasteiger partial charge in [-0.1, -0.05) is 44.2 Å². The summed E-state index contributed by atoms with van der Waals surface area (Å²) in [4.78, 5) is 24.8. The minimum atomic E-state index is 0.372. The molecule has 3 rings (SSSR count). The van der Waals surface area contributed by atoms with Crippen molar-refractivity contribution in [3.05, 3.63) is 35.9 Å². The number of ketones is 2. The van der Waals surface area contributed by atoms with Crippen LogP contribution in [0.25, 0.3) is 0 Å². The van der Waals surface area contributed by atoms with E-state index < -0.39 is 0 Å². The van der Waals surface area contributed by atoms with Crippen LogP contribution in [0.5, 0.6) is 0 Å². The lowest BCUT2D eigenvalue weighted by Gasteiger charge is -2.38. The highest BCUT2D eigenvalue weighted by Gasteiger charge is 2.29. The Bertz CT molecular complexity index is 543. The van der Waals surface area contributed by atoms with Gasteiger partial charge in [-0.3, -0.25) is 14.5 Å². The van der Waals surface area contributed by atoms with Gasteiger partial charge in [-0.25, -0.2) is 0 Å². The number of rotatable bonds is 2. The van der Waals surface area contributed by atoms with Crippen molar-refractivity contribution in [1.82, 2.24) is 4.90 Å². The molecule has 0 spiro atoms. The van der Waals surface area contributed by atoms with E-state index in [9.17, 15) is 9.59 Å². The van der Waals surface area contributed by atoms with Gasteiger partial charge < -0.3 is 0 Å². The van der Waals surface area contributed by atoms with Crippen LogP contribution in [0.1, 0.15) is 65.4 Å². The number of carbonyl (C=O) groups excluding carboxylic acids is 2. The SMILES string of the molecule is C[C@@H]1CC(=O)C[C@@H](C)C1.C[C@@H]1CC(=O)C[C@@H](C)N1Cc1ccccc1. The summed E-state index contributed by atoms with van der Waals surface area (Å²) in [5, 5.41) is 0. The van der Waals surface area contributed by atoms with Gasteiger partial charge in [0.1, 0.15) is 11.6 Å². The van der Waals surface area contributed by atoms with Crippen LogP contribution in [-0.2, 0) is 16.1 Å². The van der Waals surface area contributed by atoms with Crippen molar-refractivity contribution in [1.29, 1.82) is 0 Å². The Hall–Kier alpha value is -1.48. The minimum Gasteiger partial charge on any atom is -0.300 e. The smallest absolute Gasteiger partial charge is 0.136 e. The van der Waals surface area contributed by atoms with Crippen LogP contribution < -0.4 is 0 Å². The molecule has 0 unspecified atom stereocenters. The fourth-order valence-corrected chi connectivity index (χ4v) is 4.23.